The molecule has 0 bridgehead atoms. The molecule has 0 fully saturated rings. The average molecular weight is 421 g/mol. The predicted octanol–water partition coefficient (Wildman–Crippen LogP) is 3.48. The SMILES string of the molecule is CCN(Cc1nc2cc(OC)c(OC)cc2c(=O)[nH]1)C(=O)c1ccc2c(c1)CCCC2. The van der Waals surface area contributed by atoms with Gasteiger partial charge in [0, 0.05) is 18.2 Å². The first-order valence-electron chi connectivity index (χ1n) is 10.6. The quantitative estimate of drug-likeness (QED) is 0.659. The van der Waals surface area contributed by atoms with E-state index >= 15 is 0 Å². The lowest BCUT2D eigenvalue weighted by atomic mass is 9.90. The predicted molar refractivity (Wildman–Crippen MR) is 119 cm³/mol. The van der Waals surface area contributed by atoms with Crippen molar-refractivity contribution in [3.63, 3.8) is 0 Å². The number of rotatable bonds is 6. The number of nitrogens with zero attached hydrogens (tertiary/aromatic N) is 2. The largest absolute Gasteiger partial charge is 0.493 e. The molecule has 0 spiro atoms. The molecule has 2 aromatic carbocycles. The molecule has 162 valence electrons. The molecule has 1 aliphatic rings. The number of hydrogen-bond acceptors (Lipinski definition) is 5. The van der Waals surface area contributed by atoms with Gasteiger partial charge in [0.05, 0.1) is 31.7 Å². The summed E-state index contributed by atoms with van der Waals surface area (Å²) in [5.41, 5.74) is 3.51. The van der Waals surface area contributed by atoms with Gasteiger partial charge in [0.1, 0.15) is 5.82 Å². The number of hydrogen-bond donors (Lipinski definition) is 1. The van der Waals surface area contributed by atoms with Crippen LogP contribution in [-0.2, 0) is 19.4 Å². The highest BCUT2D eigenvalue weighted by Crippen LogP contribution is 2.30. The molecule has 1 heterocycles. The molecule has 7 heteroatoms. The van der Waals surface area contributed by atoms with Crippen LogP contribution in [0.1, 0.15) is 47.1 Å². The number of H-pyrrole nitrogens is 1. The van der Waals surface area contributed by atoms with Crippen molar-refractivity contribution in [1.29, 1.82) is 0 Å². The molecule has 0 unspecified atom stereocenters. The highest BCUT2D eigenvalue weighted by atomic mass is 16.5. The maximum absolute atomic E-state index is 13.2. The molecule has 4 rings (SSSR count). The van der Waals surface area contributed by atoms with Crippen molar-refractivity contribution in [3.05, 3.63) is 63.2 Å². The van der Waals surface area contributed by atoms with Gasteiger partial charge in [0.2, 0.25) is 0 Å². The van der Waals surface area contributed by atoms with Crippen LogP contribution in [-0.4, -0.2) is 41.5 Å². The van der Waals surface area contributed by atoms with E-state index in [1.807, 2.05) is 19.1 Å². The van der Waals surface area contributed by atoms with Crippen LogP contribution in [0.25, 0.3) is 10.9 Å². The minimum absolute atomic E-state index is 0.0640. The fourth-order valence-electron chi connectivity index (χ4n) is 4.15. The highest BCUT2D eigenvalue weighted by Gasteiger charge is 2.19. The molecule has 0 saturated carbocycles. The molecule has 0 aliphatic heterocycles. The van der Waals surface area contributed by atoms with Gasteiger partial charge in [-0.3, -0.25) is 9.59 Å². The number of carbonyl (C=O) groups is 1. The monoisotopic (exact) mass is 421 g/mol. The topological polar surface area (TPSA) is 84.5 Å². The molecular weight excluding hydrogens is 394 g/mol. The maximum atomic E-state index is 13.2. The van der Waals surface area contributed by atoms with Crippen LogP contribution in [0.4, 0.5) is 0 Å². The number of methoxy groups -OCH3 is 2. The molecule has 7 nitrogen and oxygen atoms in total. The van der Waals surface area contributed by atoms with E-state index in [9.17, 15) is 9.59 Å². The van der Waals surface area contributed by atoms with Gasteiger partial charge in [-0.15, -0.1) is 0 Å². The lowest BCUT2D eigenvalue weighted by Gasteiger charge is -2.22. The third-order valence-corrected chi connectivity index (χ3v) is 5.86. The van der Waals surface area contributed by atoms with Crippen LogP contribution in [0.15, 0.2) is 35.1 Å². The van der Waals surface area contributed by atoms with Crippen molar-refractivity contribution in [2.75, 3.05) is 20.8 Å². The summed E-state index contributed by atoms with van der Waals surface area (Å²) >= 11 is 0. The van der Waals surface area contributed by atoms with Crippen LogP contribution >= 0.6 is 0 Å². The first-order valence-corrected chi connectivity index (χ1v) is 10.6. The number of aromatic nitrogens is 2. The van der Waals surface area contributed by atoms with Gasteiger partial charge in [-0.05, 0) is 61.9 Å². The van der Waals surface area contributed by atoms with E-state index in [2.05, 4.69) is 16.0 Å². The van der Waals surface area contributed by atoms with Crippen LogP contribution in [0.2, 0.25) is 0 Å². The molecule has 31 heavy (non-hydrogen) atoms. The van der Waals surface area contributed by atoms with E-state index in [1.54, 1.807) is 17.0 Å². The number of aryl methyl sites for hydroxylation is 2. The Kier molecular flexibility index (Phi) is 5.93. The number of fused-ring (bicyclic) bond motifs is 2. The molecular formula is C24H27N3O4. The Morgan fingerprint density at radius 1 is 1.06 bits per heavy atom. The van der Waals surface area contributed by atoms with Crippen molar-refractivity contribution in [3.8, 4) is 11.5 Å². The van der Waals surface area contributed by atoms with Gasteiger partial charge in [0.25, 0.3) is 11.5 Å². The van der Waals surface area contributed by atoms with Crippen molar-refractivity contribution in [2.45, 2.75) is 39.2 Å². The summed E-state index contributed by atoms with van der Waals surface area (Å²) in [6.45, 7) is 2.64. The van der Waals surface area contributed by atoms with E-state index in [0.717, 1.165) is 12.8 Å². The number of carbonyl (C=O) groups excluding carboxylic acids is 1. The summed E-state index contributed by atoms with van der Waals surface area (Å²) < 4.78 is 10.6. The van der Waals surface area contributed by atoms with Gasteiger partial charge >= 0.3 is 0 Å². The van der Waals surface area contributed by atoms with Crippen LogP contribution in [0.3, 0.4) is 0 Å². The van der Waals surface area contributed by atoms with Crippen molar-refractivity contribution < 1.29 is 14.3 Å². The number of benzene rings is 2. The highest BCUT2D eigenvalue weighted by molar-refractivity contribution is 5.94. The Hall–Kier alpha value is -3.35. The average Bonchev–Trinajstić information content (AvgIpc) is 2.81. The van der Waals surface area contributed by atoms with Crippen molar-refractivity contribution >= 4 is 16.8 Å². The Labute approximate surface area is 181 Å². The first kappa shape index (κ1) is 20.9. The van der Waals surface area contributed by atoms with E-state index in [-0.39, 0.29) is 18.0 Å². The Morgan fingerprint density at radius 2 is 1.77 bits per heavy atom. The summed E-state index contributed by atoms with van der Waals surface area (Å²) in [4.78, 5) is 34.9. The van der Waals surface area contributed by atoms with Crippen molar-refractivity contribution in [1.82, 2.24) is 14.9 Å². The Bertz CT molecular complexity index is 1190. The van der Waals surface area contributed by atoms with Crippen molar-refractivity contribution in [2.24, 2.45) is 0 Å². The molecule has 0 atom stereocenters. The number of amides is 1. The second-order valence-corrected chi connectivity index (χ2v) is 7.75. The normalized spacial score (nSPS) is 13.0. The fourth-order valence-corrected chi connectivity index (χ4v) is 4.15. The minimum Gasteiger partial charge on any atom is -0.493 e. The minimum atomic E-state index is -0.279. The number of nitrogens with one attached hydrogen (secondary N) is 1. The second kappa shape index (κ2) is 8.79. The molecule has 1 amide bonds. The summed E-state index contributed by atoms with van der Waals surface area (Å²) in [5, 5.41) is 0.408. The standard InChI is InChI=1S/C24H27N3O4/c1-4-27(24(29)17-10-9-15-7-5-6-8-16(15)11-17)14-22-25-19-13-21(31-3)20(30-2)12-18(19)23(28)26-22/h9-13H,4-8,14H2,1-3H3,(H,25,26,28). The third-order valence-electron chi connectivity index (χ3n) is 5.86. The summed E-state index contributed by atoms with van der Waals surface area (Å²) in [5.74, 6) is 1.33. The molecule has 3 aromatic rings. The van der Waals surface area contributed by atoms with E-state index < -0.39 is 0 Å². The number of ether oxygens (including phenoxy) is 2. The summed E-state index contributed by atoms with van der Waals surface area (Å²) in [6.07, 6.45) is 4.48. The van der Waals surface area contributed by atoms with Gasteiger partial charge in [-0.2, -0.15) is 0 Å². The lowest BCUT2D eigenvalue weighted by Crippen LogP contribution is -2.32. The maximum Gasteiger partial charge on any atom is 0.258 e. The molecule has 0 saturated heterocycles. The summed E-state index contributed by atoms with van der Waals surface area (Å²) in [7, 11) is 3.05. The van der Waals surface area contributed by atoms with Crippen LogP contribution in [0, 0.1) is 0 Å². The third kappa shape index (κ3) is 4.13. The Morgan fingerprint density at radius 3 is 2.48 bits per heavy atom. The van der Waals surface area contributed by atoms with Gasteiger partial charge in [-0.25, -0.2) is 4.98 Å². The zero-order chi connectivity index (χ0) is 22.0. The fraction of sp³-hybridized carbons (Fsp3) is 0.375. The van der Waals surface area contributed by atoms with Gasteiger partial charge in [0.15, 0.2) is 11.5 Å². The molecule has 1 N–H and O–H groups in total. The second-order valence-electron chi connectivity index (χ2n) is 7.75. The smallest absolute Gasteiger partial charge is 0.258 e. The van der Waals surface area contributed by atoms with Crippen LogP contribution in [0.5, 0.6) is 11.5 Å². The van der Waals surface area contributed by atoms with E-state index in [0.29, 0.717) is 40.3 Å². The van der Waals surface area contributed by atoms with Gasteiger partial charge < -0.3 is 19.4 Å². The molecule has 0 radical (unpaired) electrons. The summed E-state index contributed by atoms with van der Waals surface area (Å²) in [6, 6.07) is 9.29. The van der Waals surface area contributed by atoms with Crippen LogP contribution < -0.4 is 15.0 Å². The lowest BCUT2D eigenvalue weighted by molar-refractivity contribution is 0.0748. The molecule has 1 aromatic heterocycles. The molecule has 1 aliphatic carbocycles. The zero-order valence-electron chi connectivity index (χ0n) is 18.2. The first-order chi connectivity index (χ1) is 15.0. The zero-order valence-corrected chi connectivity index (χ0v) is 18.2. The van der Waals surface area contributed by atoms with E-state index in [4.69, 9.17) is 9.47 Å². The number of aromatic amines is 1. The van der Waals surface area contributed by atoms with E-state index in [1.165, 1.54) is 38.2 Å². The Balaban J connectivity index is 1.63. The van der Waals surface area contributed by atoms with Gasteiger partial charge in [-0.1, -0.05) is 6.07 Å².